The van der Waals surface area contributed by atoms with Crippen LogP contribution in [0.1, 0.15) is 47.6 Å². The average Bonchev–Trinajstić information content (AvgIpc) is 3.39. The van der Waals surface area contributed by atoms with Crippen molar-refractivity contribution in [1.82, 2.24) is 5.32 Å². The summed E-state index contributed by atoms with van der Waals surface area (Å²) in [7, 11) is 0. The van der Waals surface area contributed by atoms with Crippen molar-refractivity contribution in [1.29, 1.82) is 0 Å². The summed E-state index contributed by atoms with van der Waals surface area (Å²) < 4.78 is 17.2. The van der Waals surface area contributed by atoms with Crippen LogP contribution in [0.3, 0.4) is 0 Å². The van der Waals surface area contributed by atoms with Gasteiger partial charge in [-0.25, -0.2) is 0 Å². The Balaban J connectivity index is 1.22. The van der Waals surface area contributed by atoms with Crippen molar-refractivity contribution in [3.05, 3.63) is 58.8 Å². The quantitative estimate of drug-likeness (QED) is 0.681. The van der Waals surface area contributed by atoms with E-state index in [-0.39, 0.29) is 11.9 Å². The maximum Gasteiger partial charge on any atom is 0.225 e. The molecule has 1 fully saturated rings. The Morgan fingerprint density at radius 1 is 1.03 bits per heavy atom. The van der Waals surface area contributed by atoms with Gasteiger partial charge >= 0.3 is 0 Å². The van der Waals surface area contributed by atoms with Crippen molar-refractivity contribution in [3.63, 3.8) is 0 Å². The molecule has 0 spiro atoms. The van der Waals surface area contributed by atoms with E-state index in [9.17, 15) is 4.79 Å². The average molecular weight is 403 g/mol. The lowest BCUT2D eigenvalue weighted by atomic mass is 10.0. The zero-order valence-electron chi connectivity index (χ0n) is 16.9. The lowest BCUT2D eigenvalue weighted by molar-refractivity contribution is -0.121. The molecular weight excluding hydrogens is 378 g/mol. The SMILES string of the molecule is O=C(Cc1coc2cc3c(cc12)CCC3)NC(c1ccc2c(c1)OCCO2)C1CC1. The summed E-state index contributed by atoms with van der Waals surface area (Å²) in [5.41, 5.74) is 5.74. The van der Waals surface area contributed by atoms with Crippen molar-refractivity contribution in [3.8, 4) is 11.5 Å². The predicted octanol–water partition coefficient (Wildman–Crippen LogP) is 4.50. The highest BCUT2D eigenvalue weighted by Crippen LogP contribution is 2.43. The molecule has 2 heterocycles. The fourth-order valence-corrected chi connectivity index (χ4v) is 4.84. The monoisotopic (exact) mass is 403 g/mol. The molecule has 0 radical (unpaired) electrons. The van der Waals surface area contributed by atoms with E-state index in [0.29, 0.717) is 25.6 Å². The summed E-state index contributed by atoms with van der Waals surface area (Å²) in [5, 5.41) is 4.36. The molecule has 0 bridgehead atoms. The Kier molecular flexibility index (Phi) is 4.22. The van der Waals surface area contributed by atoms with Gasteiger partial charge in [0, 0.05) is 10.9 Å². The molecule has 6 rings (SSSR count). The summed E-state index contributed by atoms with van der Waals surface area (Å²) in [6.45, 7) is 1.14. The van der Waals surface area contributed by atoms with Crippen molar-refractivity contribution in [2.45, 2.75) is 44.6 Å². The van der Waals surface area contributed by atoms with E-state index in [1.54, 1.807) is 6.26 Å². The molecule has 154 valence electrons. The van der Waals surface area contributed by atoms with Crippen LogP contribution in [0.2, 0.25) is 0 Å². The second-order valence-corrected chi connectivity index (χ2v) is 8.69. The molecule has 1 amide bonds. The first-order chi connectivity index (χ1) is 14.7. The molecule has 3 aromatic rings. The number of ether oxygens (including phenoxy) is 2. The van der Waals surface area contributed by atoms with Crippen LogP contribution in [0, 0.1) is 5.92 Å². The van der Waals surface area contributed by atoms with Crippen LogP contribution in [0.5, 0.6) is 11.5 Å². The number of hydrogen-bond acceptors (Lipinski definition) is 4. The third-order valence-corrected chi connectivity index (χ3v) is 6.55. The van der Waals surface area contributed by atoms with Crippen LogP contribution in [-0.2, 0) is 24.1 Å². The smallest absolute Gasteiger partial charge is 0.225 e. The highest BCUT2D eigenvalue weighted by atomic mass is 16.6. The second kappa shape index (κ2) is 7.08. The van der Waals surface area contributed by atoms with Gasteiger partial charge in [0.2, 0.25) is 5.91 Å². The highest BCUT2D eigenvalue weighted by molar-refractivity contribution is 5.88. The number of carbonyl (C=O) groups excluding carboxylic acids is 1. The third kappa shape index (κ3) is 3.22. The first-order valence-electron chi connectivity index (χ1n) is 11.0. The summed E-state index contributed by atoms with van der Waals surface area (Å²) in [6, 6.07) is 10.4. The van der Waals surface area contributed by atoms with Gasteiger partial charge in [-0.3, -0.25) is 4.79 Å². The molecular formula is C25H25NO4. The summed E-state index contributed by atoms with van der Waals surface area (Å²) in [5.74, 6) is 2.07. The van der Waals surface area contributed by atoms with Crippen LogP contribution in [0.25, 0.3) is 11.0 Å². The van der Waals surface area contributed by atoms with E-state index in [1.807, 2.05) is 18.2 Å². The Labute approximate surface area is 175 Å². The maximum absolute atomic E-state index is 13.0. The molecule has 5 heteroatoms. The van der Waals surface area contributed by atoms with Crippen molar-refractivity contribution in [2.75, 3.05) is 13.2 Å². The van der Waals surface area contributed by atoms with Gasteiger partial charge in [-0.1, -0.05) is 6.07 Å². The van der Waals surface area contributed by atoms with Crippen LogP contribution < -0.4 is 14.8 Å². The van der Waals surface area contributed by atoms with Crippen LogP contribution in [0.4, 0.5) is 0 Å². The third-order valence-electron chi connectivity index (χ3n) is 6.55. The Hall–Kier alpha value is -2.95. The van der Waals surface area contributed by atoms with Gasteiger partial charge in [0.05, 0.1) is 18.7 Å². The summed E-state index contributed by atoms with van der Waals surface area (Å²) >= 11 is 0. The molecule has 1 atom stereocenters. The normalized spacial score (nSPS) is 18.3. The number of fused-ring (bicyclic) bond motifs is 3. The van der Waals surface area contributed by atoms with E-state index in [1.165, 1.54) is 17.5 Å². The minimum Gasteiger partial charge on any atom is -0.486 e. The van der Waals surface area contributed by atoms with E-state index < -0.39 is 0 Å². The zero-order chi connectivity index (χ0) is 20.1. The molecule has 1 aromatic heterocycles. The van der Waals surface area contributed by atoms with Crippen molar-refractivity contribution < 1.29 is 18.7 Å². The molecule has 2 aromatic carbocycles. The largest absolute Gasteiger partial charge is 0.486 e. The van der Waals surface area contributed by atoms with Gasteiger partial charge in [-0.15, -0.1) is 0 Å². The first kappa shape index (κ1) is 17.9. The highest BCUT2D eigenvalue weighted by Gasteiger charge is 2.34. The number of carbonyl (C=O) groups is 1. The van der Waals surface area contributed by atoms with Gasteiger partial charge < -0.3 is 19.2 Å². The molecule has 1 saturated carbocycles. The summed E-state index contributed by atoms with van der Waals surface area (Å²) in [6.07, 6.45) is 7.81. The van der Waals surface area contributed by atoms with E-state index in [2.05, 4.69) is 17.4 Å². The van der Waals surface area contributed by atoms with Crippen molar-refractivity contribution in [2.24, 2.45) is 5.92 Å². The van der Waals surface area contributed by atoms with E-state index in [0.717, 1.165) is 59.3 Å². The van der Waals surface area contributed by atoms with Gasteiger partial charge in [-0.2, -0.15) is 0 Å². The molecule has 2 aliphatic carbocycles. The molecule has 5 nitrogen and oxygen atoms in total. The number of rotatable bonds is 5. The number of benzene rings is 2. The van der Waals surface area contributed by atoms with E-state index >= 15 is 0 Å². The summed E-state index contributed by atoms with van der Waals surface area (Å²) in [4.78, 5) is 13.0. The predicted molar refractivity (Wildman–Crippen MR) is 113 cm³/mol. The topological polar surface area (TPSA) is 60.7 Å². The van der Waals surface area contributed by atoms with Crippen LogP contribution >= 0.6 is 0 Å². The minimum atomic E-state index is 0.00994. The van der Waals surface area contributed by atoms with Crippen molar-refractivity contribution >= 4 is 16.9 Å². The van der Waals surface area contributed by atoms with Gasteiger partial charge in [0.15, 0.2) is 11.5 Å². The molecule has 1 N–H and O–H groups in total. The van der Waals surface area contributed by atoms with Crippen LogP contribution in [0.15, 0.2) is 41.0 Å². The minimum absolute atomic E-state index is 0.00994. The number of amides is 1. The first-order valence-corrected chi connectivity index (χ1v) is 11.0. The fourth-order valence-electron chi connectivity index (χ4n) is 4.84. The van der Waals surface area contributed by atoms with E-state index in [4.69, 9.17) is 13.9 Å². The Morgan fingerprint density at radius 3 is 2.67 bits per heavy atom. The molecule has 0 saturated heterocycles. The van der Waals surface area contributed by atoms with Gasteiger partial charge in [0.1, 0.15) is 18.8 Å². The Morgan fingerprint density at radius 2 is 1.83 bits per heavy atom. The molecule has 1 aliphatic heterocycles. The molecule has 3 aliphatic rings. The Bertz CT molecular complexity index is 1130. The number of aryl methyl sites for hydroxylation is 2. The fraction of sp³-hybridized carbons (Fsp3) is 0.400. The number of hydrogen-bond donors (Lipinski definition) is 1. The maximum atomic E-state index is 13.0. The molecule has 30 heavy (non-hydrogen) atoms. The lowest BCUT2D eigenvalue weighted by Crippen LogP contribution is -2.31. The zero-order valence-corrected chi connectivity index (χ0v) is 16.9. The second-order valence-electron chi connectivity index (χ2n) is 8.69. The van der Waals surface area contributed by atoms with Gasteiger partial charge in [0.25, 0.3) is 0 Å². The van der Waals surface area contributed by atoms with Gasteiger partial charge in [-0.05, 0) is 79.0 Å². The lowest BCUT2D eigenvalue weighted by Gasteiger charge is -2.23. The molecule has 1 unspecified atom stereocenters. The number of furan rings is 1. The van der Waals surface area contributed by atoms with Crippen LogP contribution in [-0.4, -0.2) is 19.1 Å². The standard InChI is InChI=1S/C25H25NO4/c27-24(13-19-14-30-22-11-17-3-1-2-16(17)10-20(19)22)26-25(15-4-5-15)18-6-7-21-23(12-18)29-9-8-28-21/h6-7,10-12,14-15,25H,1-5,8-9,13H2,(H,26,27). The number of nitrogens with one attached hydrogen (secondary N) is 1.